The Labute approximate surface area is 166 Å². The summed E-state index contributed by atoms with van der Waals surface area (Å²) in [5, 5.41) is 3.97. The van der Waals surface area contributed by atoms with Crippen LogP contribution in [0.4, 0.5) is 6.01 Å². The Bertz CT molecular complexity index is 709. The molecule has 2 bridgehead atoms. The lowest BCUT2D eigenvalue weighted by molar-refractivity contribution is -0.133. The van der Waals surface area contributed by atoms with Crippen molar-refractivity contribution in [2.45, 2.75) is 51.7 Å². The van der Waals surface area contributed by atoms with Gasteiger partial charge in [-0.05, 0) is 45.4 Å². The van der Waals surface area contributed by atoms with Crippen molar-refractivity contribution < 1.29 is 14.1 Å². The van der Waals surface area contributed by atoms with E-state index in [4.69, 9.17) is 9.26 Å². The fraction of sp³-hybridized carbons (Fsp3) is 0.850. The lowest BCUT2D eigenvalue weighted by Crippen LogP contribution is -2.61. The summed E-state index contributed by atoms with van der Waals surface area (Å²) in [5.74, 6) is 2.48. The molecule has 2 unspecified atom stereocenters. The molecule has 4 heterocycles. The summed E-state index contributed by atoms with van der Waals surface area (Å²) in [4.78, 5) is 24.1. The molecular formula is C20H31N5O3. The van der Waals surface area contributed by atoms with Gasteiger partial charge in [0.05, 0.1) is 25.3 Å². The van der Waals surface area contributed by atoms with E-state index in [0.29, 0.717) is 47.7 Å². The van der Waals surface area contributed by atoms with E-state index in [9.17, 15) is 4.79 Å². The standard InChI is InChI=1S/C20H31N5O3/c1-4-23(5-2)19(26)18-16-8-24(9-17(16)18)13-6-14-10-27-11-15(7-13)25(14)20-21-12(3)22-28-20/h13-18H,4-11H2,1-3H3/t13?,14?,15?,16-,17+,18-. The Kier molecular flexibility index (Phi) is 4.58. The number of carbonyl (C=O) groups is 1. The molecular weight excluding hydrogens is 358 g/mol. The fourth-order valence-corrected chi connectivity index (χ4v) is 5.86. The molecule has 3 saturated heterocycles. The van der Waals surface area contributed by atoms with Crippen LogP contribution in [0.2, 0.25) is 0 Å². The van der Waals surface area contributed by atoms with Gasteiger partial charge < -0.3 is 19.1 Å². The van der Waals surface area contributed by atoms with E-state index in [1.54, 1.807) is 0 Å². The molecule has 0 aromatic carbocycles. The van der Waals surface area contributed by atoms with Crippen LogP contribution in [0.1, 0.15) is 32.5 Å². The molecule has 28 heavy (non-hydrogen) atoms. The third-order valence-electron chi connectivity index (χ3n) is 7.33. The highest BCUT2D eigenvalue weighted by atomic mass is 16.5. The molecule has 1 saturated carbocycles. The van der Waals surface area contributed by atoms with Gasteiger partial charge in [0.1, 0.15) is 0 Å². The Morgan fingerprint density at radius 2 is 1.75 bits per heavy atom. The van der Waals surface area contributed by atoms with Crippen molar-refractivity contribution in [2.24, 2.45) is 17.8 Å². The summed E-state index contributed by atoms with van der Waals surface area (Å²) in [6, 6.07) is 1.80. The lowest BCUT2D eigenvalue weighted by atomic mass is 9.89. The van der Waals surface area contributed by atoms with Crippen LogP contribution < -0.4 is 4.90 Å². The number of fused-ring (bicyclic) bond motifs is 3. The van der Waals surface area contributed by atoms with Crippen LogP contribution in [-0.2, 0) is 9.53 Å². The zero-order valence-electron chi connectivity index (χ0n) is 17.1. The van der Waals surface area contributed by atoms with Gasteiger partial charge in [0.15, 0.2) is 5.82 Å². The first-order valence-electron chi connectivity index (χ1n) is 10.8. The zero-order valence-corrected chi connectivity index (χ0v) is 17.1. The van der Waals surface area contributed by atoms with Crippen LogP contribution in [0.25, 0.3) is 0 Å². The van der Waals surface area contributed by atoms with Crippen molar-refractivity contribution in [2.75, 3.05) is 44.3 Å². The number of hydrogen-bond donors (Lipinski definition) is 0. The third kappa shape index (κ3) is 2.92. The smallest absolute Gasteiger partial charge is 0.324 e. The van der Waals surface area contributed by atoms with Crippen LogP contribution in [0.5, 0.6) is 0 Å². The normalized spacial score (nSPS) is 37.0. The number of anilines is 1. The second kappa shape index (κ2) is 6.99. The predicted molar refractivity (Wildman–Crippen MR) is 103 cm³/mol. The summed E-state index contributed by atoms with van der Waals surface area (Å²) in [6.45, 7) is 11.3. The third-order valence-corrected chi connectivity index (χ3v) is 7.33. The van der Waals surface area contributed by atoms with Crippen LogP contribution in [0.15, 0.2) is 4.52 Å². The van der Waals surface area contributed by atoms with Gasteiger partial charge in [-0.2, -0.15) is 4.98 Å². The first-order valence-corrected chi connectivity index (χ1v) is 10.8. The molecule has 5 rings (SSSR count). The molecule has 8 nitrogen and oxygen atoms in total. The zero-order chi connectivity index (χ0) is 19.4. The number of likely N-dealkylation sites (tertiary alicyclic amines) is 1. The minimum Gasteiger partial charge on any atom is -0.377 e. The minimum atomic E-state index is 0.278. The predicted octanol–water partition coefficient (Wildman–Crippen LogP) is 1.16. The number of aryl methyl sites for hydroxylation is 1. The van der Waals surface area contributed by atoms with E-state index in [0.717, 1.165) is 52.2 Å². The van der Waals surface area contributed by atoms with E-state index >= 15 is 0 Å². The van der Waals surface area contributed by atoms with Crippen molar-refractivity contribution in [3.05, 3.63) is 5.82 Å². The maximum absolute atomic E-state index is 12.7. The van der Waals surface area contributed by atoms with Crippen molar-refractivity contribution in [3.8, 4) is 0 Å². The molecule has 0 N–H and O–H groups in total. The highest BCUT2D eigenvalue weighted by Gasteiger charge is 2.61. The topological polar surface area (TPSA) is 74.9 Å². The largest absolute Gasteiger partial charge is 0.377 e. The first-order chi connectivity index (χ1) is 13.6. The van der Waals surface area contributed by atoms with E-state index in [-0.39, 0.29) is 5.92 Å². The van der Waals surface area contributed by atoms with E-state index in [1.807, 2.05) is 11.8 Å². The second-order valence-corrected chi connectivity index (χ2v) is 8.82. The molecule has 3 aliphatic heterocycles. The van der Waals surface area contributed by atoms with E-state index in [1.165, 1.54) is 0 Å². The molecule has 1 aliphatic carbocycles. The average molecular weight is 390 g/mol. The molecule has 0 spiro atoms. The van der Waals surface area contributed by atoms with Crippen molar-refractivity contribution in [1.82, 2.24) is 19.9 Å². The highest BCUT2D eigenvalue weighted by Crippen LogP contribution is 2.53. The number of morpholine rings is 1. The van der Waals surface area contributed by atoms with Crippen LogP contribution in [-0.4, -0.2) is 83.4 Å². The molecule has 1 aromatic heterocycles. The van der Waals surface area contributed by atoms with Gasteiger partial charge in [-0.3, -0.25) is 9.69 Å². The van der Waals surface area contributed by atoms with Gasteiger partial charge in [-0.25, -0.2) is 0 Å². The Morgan fingerprint density at radius 3 is 2.29 bits per heavy atom. The molecule has 1 aromatic rings. The molecule has 0 radical (unpaired) electrons. The SMILES string of the molecule is CCN(CC)C(=O)[C@@H]1[C@@H]2CN(C3CC4COCC(C3)N4c3nc(C)no3)C[C@@H]21. The number of ether oxygens (including phenoxy) is 1. The first kappa shape index (κ1) is 18.4. The van der Waals surface area contributed by atoms with E-state index < -0.39 is 0 Å². The Morgan fingerprint density at radius 1 is 1.11 bits per heavy atom. The van der Waals surface area contributed by atoms with Gasteiger partial charge >= 0.3 is 6.01 Å². The van der Waals surface area contributed by atoms with Crippen molar-refractivity contribution in [1.29, 1.82) is 0 Å². The number of aromatic nitrogens is 2. The monoisotopic (exact) mass is 389 g/mol. The summed E-state index contributed by atoms with van der Waals surface area (Å²) in [5.41, 5.74) is 0. The summed E-state index contributed by atoms with van der Waals surface area (Å²) < 4.78 is 11.3. The van der Waals surface area contributed by atoms with E-state index in [2.05, 4.69) is 33.8 Å². The number of carbonyl (C=O) groups excluding carboxylic acids is 1. The van der Waals surface area contributed by atoms with Gasteiger partial charge in [-0.15, -0.1) is 0 Å². The summed E-state index contributed by atoms with van der Waals surface area (Å²) >= 11 is 0. The molecule has 4 fully saturated rings. The number of amides is 1. The van der Waals surface area contributed by atoms with Gasteiger partial charge in [0.2, 0.25) is 5.91 Å². The quantitative estimate of drug-likeness (QED) is 0.748. The van der Waals surface area contributed by atoms with Crippen molar-refractivity contribution >= 4 is 11.9 Å². The van der Waals surface area contributed by atoms with Crippen LogP contribution >= 0.6 is 0 Å². The number of hydrogen-bond acceptors (Lipinski definition) is 7. The Balaban J connectivity index is 1.22. The molecule has 8 heteroatoms. The molecule has 4 aliphatic rings. The Hall–Kier alpha value is -1.67. The maximum Gasteiger partial charge on any atom is 0.324 e. The fourth-order valence-electron chi connectivity index (χ4n) is 5.86. The van der Waals surface area contributed by atoms with Gasteiger partial charge in [-0.1, -0.05) is 5.16 Å². The van der Waals surface area contributed by atoms with Gasteiger partial charge in [0, 0.05) is 38.1 Å². The van der Waals surface area contributed by atoms with Crippen LogP contribution in [0, 0.1) is 24.7 Å². The molecule has 154 valence electrons. The minimum absolute atomic E-state index is 0.278. The average Bonchev–Trinajstić information content (AvgIpc) is 3.00. The van der Waals surface area contributed by atoms with Crippen molar-refractivity contribution in [3.63, 3.8) is 0 Å². The lowest BCUT2D eigenvalue weighted by Gasteiger charge is -2.49. The van der Waals surface area contributed by atoms with Gasteiger partial charge in [0.25, 0.3) is 0 Å². The number of rotatable bonds is 5. The maximum atomic E-state index is 12.7. The molecule has 5 atom stereocenters. The summed E-state index contributed by atoms with van der Waals surface area (Å²) in [6.07, 6.45) is 2.12. The number of nitrogens with zero attached hydrogens (tertiary/aromatic N) is 5. The highest BCUT2D eigenvalue weighted by molar-refractivity contribution is 5.82. The number of piperidine rings is 2. The molecule has 1 amide bonds. The van der Waals surface area contributed by atoms with Crippen LogP contribution in [0.3, 0.4) is 0 Å². The second-order valence-electron chi connectivity index (χ2n) is 8.82. The summed E-state index contributed by atoms with van der Waals surface area (Å²) in [7, 11) is 0.